The fraction of sp³-hybridized carbons (Fsp3) is 0.304. The van der Waals surface area contributed by atoms with Gasteiger partial charge in [-0.25, -0.2) is 8.42 Å². The summed E-state index contributed by atoms with van der Waals surface area (Å²) in [6, 6.07) is 14.1. The second kappa shape index (κ2) is 8.28. The summed E-state index contributed by atoms with van der Waals surface area (Å²) >= 11 is 0. The van der Waals surface area contributed by atoms with Crippen LogP contribution in [0.1, 0.15) is 34.6 Å². The predicted octanol–water partition coefficient (Wildman–Crippen LogP) is 2.92. The van der Waals surface area contributed by atoms with E-state index in [0.717, 1.165) is 29.9 Å². The lowest BCUT2D eigenvalue weighted by atomic mass is 10.1. The minimum Gasteiger partial charge on any atom is -0.318 e. The van der Waals surface area contributed by atoms with Gasteiger partial charge in [0.15, 0.2) is 5.78 Å². The highest BCUT2D eigenvalue weighted by Gasteiger charge is 2.28. The Morgan fingerprint density at radius 2 is 1.68 bits per heavy atom. The third kappa shape index (κ3) is 4.00. The zero-order chi connectivity index (χ0) is 22.2. The highest BCUT2D eigenvalue weighted by molar-refractivity contribution is 7.89. The van der Waals surface area contributed by atoms with Crippen LogP contribution in [0, 0.1) is 13.8 Å². The fourth-order valence-corrected chi connectivity index (χ4v) is 5.66. The first kappa shape index (κ1) is 21.3. The van der Waals surface area contributed by atoms with Gasteiger partial charge in [-0.3, -0.25) is 9.59 Å². The minimum absolute atomic E-state index is 0.0385. The summed E-state index contributed by atoms with van der Waals surface area (Å²) in [5.74, 6) is -0.242. The Bertz CT molecular complexity index is 1280. The largest absolute Gasteiger partial charge is 0.318 e. The molecule has 0 N–H and O–H groups in total. The summed E-state index contributed by atoms with van der Waals surface area (Å²) in [7, 11) is -3.67. The van der Waals surface area contributed by atoms with Gasteiger partial charge < -0.3 is 9.13 Å². The van der Waals surface area contributed by atoms with E-state index in [4.69, 9.17) is 0 Å². The molecule has 1 aliphatic rings. The van der Waals surface area contributed by atoms with E-state index in [0.29, 0.717) is 18.7 Å². The Labute approximate surface area is 181 Å². The molecule has 2 aromatic heterocycles. The summed E-state index contributed by atoms with van der Waals surface area (Å²) in [4.78, 5) is 25.5. The number of benzene rings is 1. The zero-order valence-corrected chi connectivity index (χ0v) is 18.4. The predicted molar refractivity (Wildman–Crippen MR) is 118 cm³/mol. The van der Waals surface area contributed by atoms with E-state index in [1.165, 1.54) is 27.2 Å². The van der Waals surface area contributed by atoms with Crippen LogP contribution in [0.2, 0.25) is 0 Å². The van der Waals surface area contributed by atoms with E-state index < -0.39 is 15.6 Å². The van der Waals surface area contributed by atoms with E-state index in [1.54, 1.807) is 6.07 Å². The van der Waals surface area contributed by atoms with Crippen LogP contribution in [0.25, 0.3) is 5.69 Å². The molecular weight excluding hydrogens is 414 g/mol. The average Bonchev–Trinajstić information content (AvgIpc) is 3.39. The normalized spacial score (nSPS) is 14.8. The molecule has 0 aliphatic carbocycles. The molecule has 31 heavy (non-hydrogen) atoms. The number of aromatic nitrogens is 2. The number of pyridine rings is 1. The standard InChI is InChI=1S/C23H25N3O4S/c1-17-14-21(18(2)26(17)19-8-4-3-5-9-19)22(27)16-24-15-20(10-11-23(24)28)31(29,30)25-12-6-7-13-25/h3-5,8-11,14-15H,6-7,12-13,16H2,1-2H3. The second-order valence-electron chi connectivity index (χ2n) is 7.82. The number of hydrogen-bond donors (Lipinski definition) is 0. The Morgan fingerprint density at radius 1 is 1.00 bits per heavy atom. The third-order valence-electron chi connectivity index (χ3n) is 5.72. The molecule has 3 aromatic rings. The molecule has 7 nitrogen and oxygen atoms in total. The van der Waals surface area contributed by atoms with Crippen molar-refractivity contribution in [1.82, 2.24) is 13.4 Å². The van der Waals surface area contributed by atoms with Crippen molar-refractivity contribution in [3.05, 3.63) is 82.0 Å². The van der Waals surface area contributed by atoms with Gasteiger partial charge in [-0.15, -0.1) is 0 Å². The summed E-state index contributed by atoms with van der Waals surface area (Å²) in [6.07, 6.45) is 2.94. The Hall–Kier alpha value is -2.97. The van der Waals surface area contributed by atoms with Crippen molar-refractivity contribution in [2.24, 2.45) is 0 Å². The van der Waals surface area contributed by atoms with Crippen molar-refractivity contribution in [3.8, 4) is 5.69 Å². The molecule has 0 unspecified atom stereocenters. The highest BCUT2D eigenvalue weighted by atomic mass is 32.2. The second-order valence-corrected chi connectivity index (χ2v) is 9.76. The van der Waals surface area contributed by atoms with Crippen LogP contribution >= 0.6 is 0 Å². The van der Waals surface area contributed by atoms with Gasteiger partial charge in [0, 0.05) is 48.0 Å². The number of Topliss-reactive ketones (excluding diaryl/α,β-unsaturated/α-hetero) is 1. The first-order valence-electron chi connectivity index (χ1n) is 10.3. The van der Waals surface area contributed by atoms with Gasteiger partial charge in [-0.05, 0) is 51.0 Å². The van der Waals surface area contributed by atoms with Crippen LogP contribution < -0.4 is 5.56 Å². The van der Waals surface area contributed by atoms with Gasteiger partial charge in [-0.1, -0.05) is 18.2 Å². The van der Waals surface area contributed by atoms with Crippen LogP contribution in [0.5, 0.6) is 0 Å². The molecule has 0 radical (unpaired) electrons. The van der Waals surface area contributed by atoms with E-state index in [9.17, 15) is 18.0 Å². The number of carbonyl (C=O) groups excluding carboxylic acids is 1. The van der Waals surface area contributed by atoms with Crippen LogP contribution in [0.3, 0.4) is 0 Å². The summed E-state index contributed by atoms with van der Waals surface area (Å²) in [6.45, 7) is 4.52. The maximum atomic E-state index is 13.1. The van der Waals surface area contributed by atoms with Crippen molar-refractivity contribution in [3.63, 3.8) is 0 Å². The van der Waals surface area contributed by atoms with E-state index in [2.05, 4.69) is 0 Å². The zero-order valence-electron chi connectivity index (χ0n) is 17.6. The van der Waals surface area contributed by atoms with Crippen LogP contribution in [0.15, 0.2) is 64.4 Å². The molecule has 1 fully saturated rings. The molecule has 162 valence electrons. The average molecular weight is 440 g/mol. The van der Waals surface area contributed by atoms with E-state index in [1.807, 2.05) is 48.7 Å². The van der Waals surface area contributed by atoms with Crippen molar-refractivity contribution in [1.29, 1.82) is 0 Å². The molecule has 1 aromatic carbocycles. The minimum atomic E-state index is -3.67. The maximum Gasteiger partial charge on any atom is 0.251 e. The lowest BCUT2D eigenvalue weighted by molar-refractivity contribution is 0.0970. The van der Waals surface area contributed by atoms with Crippen molar-refractivity contribution >= 4 is 15.8 Å². The van der Waals surface area contributed by atoms with E-state index >= 15 is 0 Å². The number of para-hydroxylation sites is 1. The number of nitrogens with zero attached hydrogens (tertiary/aromatic N) is 3. The SMILES string of the molecule is Cc1cc(C(=O)Cn2cc(S(=O)(=O)N3CCCC3)ccc2=O)c(C)n1-c1ccccc1. The smallest absolute Gasteiger partial charge is 0.251 e. The lowest BCUT2D eigenvalue weighted by Gasteiger charge is -2.16. The molecule has 3 heterocycles. The molecule has 0 bridgehead atoms. The third-order valence-corrected chi connectivity index (χ3v) is 7.60. The summed E-state index contributed by atoms with van der Waals surface area (Å²) in [5.41, 5.74) is 2.74. The summed E-state index contributed by atoms with van der Waals surface area (Å²) < 4.78 is 30.3. The van der Waals surface area contributed by atoms with Crippen molar-refractivity contribution < 1.29 is 13.2 Å². The molecular formula is C23H25N3O4S. The Kier molecular flexibility index (Phi) is 5.68. The monoisotopic (exact) mass is 439 g/mol. The molecule has 1 saturated heterocycles. The molecule has 0 amide bonds. The van der Waals surface area contributed by atoms with Gasteiger partial charge in [0.2, 0.25) is 10.0 Å². The number of ketones is 1. The van der Waals surface area contributed by atoms with Gasteiger partial charge in [0.05, 0.1) is 11.4 Å². The maximum absolute atomic E-state index is 13.1. The van der Waals surface area contributed by atoms with Crippen LogP contribution in [-0.4, -0.2) is 40.7 Å². The quantitative estimate of drug-likeness (QED) is 0.553. The molecule has 4 rings (SSSR count). The lowest BCUT2D eigenvalue weighted by Crippen LogP contribution is -2.30. The van der Waals surface area contributed by atoms with Gasteiger partial charge in [-0.2, -0.15) is 4.31 Å². The van der Waals surface area contributed by atoms with Gasteiger partial charge in [0.25, 0.3) is 5.56 Å². The topological polar surface area (TPSA) is 81.4 Å². The van der Waals surface area contributed by atoms with E-state index in [-0.39, 0.29) is 17.2 Å². The first-order chi connectivity index (χ1) is 14.8. The number of aryl methyl sites for hydroxylation is 1. The summed E-state index contributed by atoms with van der Waals surface area (Å²) in [5, 5.41) is 0. The van der Waals surface area contributed by atoms with Crippen LogP contribution in [0.4, 0.5) is 0 Å². The molecule has 0 saturated carbocycles. The first-order valence-corrected chi connectivity index (χ1v) is 11.7. The molecule has 0 atom stereocenters. The fourth-order valence-electron chi connectivity index (χ4n) is 4.12. The number of hydrogen-bond acceptors (Lipinski definition) is 4. The molecule has 0 spiro atoms. The molecule has 1 aliphatic heterocycles. The number of rotatable bonds is 6. The Morgan fingerprint density at radius 3 is 2.35 bits per heavy atom. The number of sulfonamides is 1. The highest BCUT2D eigenvalue weighted by Crippen LogP contribution is 2.22. The molecule has 8 heteroatoms. The van der Waals surface area contributed by atoms with Crippen molar-refractivity contribution in [2.45, 2.75) is 38.1 Å². The number of carbonyl (C=O) groups is 1. The van der Waals surface area contributed by atoms with Crippen LogP contribution in [-0.2, 0) is 16.6 Å². The van der Waals surface area contributed by atoms with Gasteiger partial charge in [0.1, 0.15) is 0 Å². The van der Waals surface area contributed by atoms with Gasteiger partial charge >= 0.3 is 0 Å². The van der Waals surface area contributed by atoms with Crippen molar-refractivity contribution in [2.75, 3.05) is 13.1 Å². The Balaban J connectivity index is 1.65.